The third-order valence-electron chi connectivity index (χ3n) is 3.74. The van der Waals surface area contributed by atoms with Crippen LogP contribution in [0.1, 0.15) is 52.9 Å². The normalized spacial score (nSPS) is 30.2. The Morgan fingerprint density at radius 3 is 2.36 bits per heavy atom. The highest BCUT2D eigenvalue weighted by Gasteiger charge is 2.56. The summed E-state index contributed by atoms with van der Waals surface area (Å²) in [5.74, 6) is 0.323. The molecule has 1 amide bonds. The summed E-state index contributed by atoms with van der Waals surface area (Å²) in [6.45, 7) is 6.75. The number of hydrogen-bond donors (Lipinski definition) is 1. The van der Waals surface area contributed by atoms with Gasteiger partial charge in [-0.3, -0.25) is 4.79 Å². The van der Waals surface area contributed by atoms with Crippen molar-refractivity contribution in [2.45, 2.75) is 58.9 Å². The molecule has 2 heteroatoms. The van der Waals surface area contributed by atoms with E-state index in [2.05, 4.69) is 26.1 Å². The monoisotopic (exact) mass is 195 g/mol. The van der Waals surface area contributed by atoms with Gasteiger partial charge in [0.15, 0.2) is 0 Å². The first kappa shape index (κ1) is 10.0. The van der Waals surface area contributed by atoms with Gasteiger partial charge in [0.1, 0.15) is 0 Å². The Labute approximate surface area is 86.5 Å². The average Bonchev–Trinajstić information content (AvgIpc) is 2.51. The zero-order chi connectivity index (χ0) is 10.4. The van der Waals surface area contributed by atoms with Crippen molar-refractivity contribution in [3.05, 3.63) is 0 Å². The van der Waals surface area contributed by atoms with E-state index in [0.29, 0.717) is 17.4 Å². The van der Waals surface area contributed by atoms with Crippen LogP contribution in [0.3, 0.4) is 0 Å². The van der Waals surface area contributed by atoms with Gasteiger partial charge in [0.25, 0.3) is 0 Å². The molecule has 2 rings (SSSR count). The van der Waals surface area contributed by atoms with Crippen molar-refractivity contribution in [3.8, 4) is 0 Å². The molecule has 2 fully saturated rings. The Bertz CT molecular complexity index is 246. The SMILES string of the molecule is CC(C)(C)CC1NC(=O)C12CCCC2. The first-order valence-corrected chi connectivity index (χ1v) is 5.75. The molecule has 0 radical (unpaired) electrons. The van der Waals surface area contributed by atoms with Crippen LogP contribution in [-0.4, -0.2) is 11.9 Å². The van der Waals surface area contributed by atoms with Gasteiger partial charge in [0.05, 0.1) is 5.41 Å². The minimum absolute atomic E-state index is 0.0489. The Morgan fingerprint density at radius 2 is 1.93 bits per heavy atom. The summed E-state index contributed by atoms with van der Waals surface area (Å²) in [6, 6.07) is 0.456. The van der Waals surface area contributed by atoms with Crippen molar-refractivity contribution < 1.29 is 4.79 Å². The second-order valence-electron chi connectivity index (χ2n) is 6.15. The van der Waals surface area contributed by atoms with Crippen molar-refractivity contribution >= 4 is 5.91 Å². The summed E-state index contributed by atoms with van der Waals surface area (Å²) in [7, 11) is 0. The molecule has 1 heterocycles. The van der Waals surface area contributed by atoms with E-state index >= 15 is 0 Å². The highest BCUT2D eigenvalue weighted by Crippen LogP contribution is 2.49. The quantitative estimate of drug-likeness (QED) is 0.640. The van der Waals surface area contributed by atoms with Gasteiger partial charge in [0.2, 0.25) is 5.91 Å². The van der Waals surface area contributed by atoms with Crippen LogP contribution >= 0.6 is 0 Å². The molecule has 1 atom stereocenters. The van der Waals surface area contributed by atoms with Crippen LogP contribution in [0.25, 0.3) is 0 Å². The standard InChI is InChI=1S/C12H21NO/c1-11(2,3)8-9-12(10(14)13-9)6-4-5-7-12/h9H,4-8H2,1-3H3,(H,13,14). The molecule has 80 valence electrons. The van der Waals surface area contributed by atoms with Crippen LogP contribution in [0.2, 0.25) is 0 Å². The third kappa shape index (κ3) is 1.45. The molecule has 0 aromatic carbocycles. The molecule has 0 bridgehead atoms. The second kappa shape index (κ2) is 2.98. The van der Waals surface area contributed by atoms with Crippen LogP contribution < -0.4 is 5.32 Å². The molecular weight excluding hydrogens is 174 g/mol. The highest BCUT2D eigenvalue weighted by atomic mass is 16.2. The van der Waals surface area contributed by atoms with Crippen LogP contribution in [0, 0.1) is 10.8 Å². The summed E-state index contributed by atoms with van der Waals surface area (Å²) >= 11 is 0. The van der Waals surface area contributed by atoms with E-state index < -0.39 is 0 Å². The highest BCUT2D eigenvalue weighted by molar-refractivity contribution is 5.90. The molecule has 0 aromatic rings. The Kier molecular flexibility index (Phi) is 2.13. The topological polar surface area (TPSA) is 29.1 Å². The molecule has 1 spiro atoms. The van der Waals surface area contributed by atoms with Crippen LogP contribution in [0.5, 0.6) is 0 Å². The lowest BCUT2D eigenvalue weighted by Crippen LogP contribution is -2.66. The summed E-state index contributed by atoms with van der Waals surface area (Å²) in [4.78, 5) is 11.6. The minimum atomic E-state index is 0.0489. The Hall–Kier alpha value is -0.530. The van der Waals surface area contributed by atoms with Gasteiger partial charge in [-0.05, 0) is 24.7 Å². The van der Waals surface area contributed by atoms with Gasteiger partial charge in [-0.2, -0.15) is 0 Å². The van der Waals surface area contributed by atoms with Crippen LogP contribution in [-0.2, 0) is 4.79 Å². The molecule has 1 saturated heterocycles. The summed E-state index contributed by atoms with van der Waals surface area (Å²) < 4.78 is 0. The fourth-order valence-electron chi connectivity index (χ4n) is 2.96. The molecule has 1 saturated carbocycles. The van der Waals surface area contributed by atoms with Crippen molar-refractivity contribution in [2.75, 3.05) is 0 Å². The third-order valence-corrected chi connectivity index (χ3v) is 3.74. The van der Waals surface area contributed by atoms with E-state index in [1.54, 1.807) is 0 Å². The van der Waals surface area contributed by atoms with Crippen LogP contribution in [0.4, 0.5) is 0 Å². The zero-order valence-corrected chi connectivity index (χ0v) is 9.52. The molecule has 1 N–H and O–H groups in total. The average molecular weight is 195 g/mol. The minimum Gasteiger partial charge on any atom is -0.352 e. The lowest BCUT2D eigenvalue weighted by molar-refractivity contribution is -0.146. The predicted molar refractivity (Wildman–Crippen MR) is 56.9 cm³/mol. The van der Waals surface area contributed by atoms with Crippen molar-refractivity contribution in [1.82, 2.24) is 5.32 Å². The zero-order valence-electron chi connectivity index (χ0n) is 9.52. The van der Waals surface area contributed by atoms with E-state index in [1.165, 1.54) is 12.8 Å². The number of carbonyl (C=O) groups excluding carboxylic acids is 1. The van der Waals surface area contributed by atoms with E-state index in [0.717, 1.165) is 19.3 Å². The van der Waals surface area contributed by atoms with E-state index in [9.17, 15) is 4.79 Å². The fraction of sp³-hybridized carbons (Fsp3) is 0.917. The van der Waals surface area contributed by atoms with Crippen molar-refractivity contribution in [2.24, 2.45) is 10.8 Å². The predicted octanol–water partition coefficient (Wildman–Crippen LogP) is 2.48. The van der Waals surface area contributed by atoms with Gasteiger partial charge < -0.3 is 5.32 Å². The molecule has 1 aliphatic carbocycles. The van der Waals surface area contributed by atoms with Gasteiger partial charge in [-0.1, -0.05) is 33.6 Å². The van der Waals surface area contributed by atoms with Gasteiger partial charge in [0, 0.05) is 6.04 Å². The molecule has 0 aromatic heterocycles. The maximum absolute atomic E-state index is 11.6. The fourth-order valence-corrected chi connectivity index (χ4v) is 2.96. The molecule has 14 heavy (non-hydrogen) atoms. The van der Waals surface area contributed by atoms with Crippen molar-refractivity contribution in [1.29, 1.82) is 0 Å². The van der Waals surface area contributed by atoms with Gasteiger partial charge in [-0.25, -0.2) is 0 Å². The van der Waals surface area contributed by atoms with Gasteiger partial charge in [-0.15, -0.1) is 0 Å². The molecule has 2 nitrogen and oxygen atoms in total. The molecule has 1 aliphatic heterocycles. The first-order valence-electron chi connectivity index (χ1n) is 5.75. The number of β-lactam (4-membered cyclic amide) rings is 1. The number of carbonyl (C=O) groups is 1. The summed E-state index contributed by atoms with van der Waals surface area (Å²) in [6.07, 6.45) is 5.86. The lowest BCUT2D eigenvalue weighted by atomic mass is 9.66. The Morgan fingerprint density at radius 1 is 1.36 bits per heavy atom. The lowest BCUT2D eigenvalue weighted by Gasteiger charge is -2.48. The summed E-state index contributed by atoms with van der Waals surface area (Å²) in [5, 5.41) is 3.09. The number of rotatable bonds is 1. The van der Waals surface area contributed by atoms with E-state index in [1.807, 2.05) is 0 Å². The van der Waals surface area contributed by atoms with Gasteiger partial charge >= 0.3 is 0 Å². The smallest absolute Gasteiger partial charge is 0.228 e. The maximum atomic E-state index is 11.6. The maximum Gasteiger partial charge on any atom is 0.228 e. The summed E-state index contributed by atoms with van der Waals surface area (Å²) in [5.41, 5.74) is 0.376. The largest absolute Gasteiger partial charge is 0.352 e. The first-order chi connectivity index (χ1) is 6.44. The Balaban J connectivity index is 2.05. The molecule has 2 aliphatic rings. The second-order valence-corrected chi connectivity index (χ2v) is 6.15. The molecule has 1 unspecified atom stereocenters. The van der Waals surface area contributed by atoms with E-state index in [-0.39, 0.29) is 5.41 Å². The number of hydrogen-bond acceptors (Lipinski definition) is 1. The number of amides is 1. The van der Waals surface area contributed by atoms with Crippen LogP contribution in [0.15, 0.2) is 0 Å². The van der Waals surface area contributed by atoms with Crippen molar-refractivity contribution in [3.63, 3.8) is 0 Å². The van der Waals surface area contributed by atoms with E-state index in [4.69, 9.17) is 0 Å². The number of nitrogens with one attached hydrogen (secondary N) is 1. The molecular formula is C12H21NO.